The molecule has 0 spiro atoms. The normalized spacial score (nSPS) is 25.1. The molecule has 12 heteroatoms. The second-order valence-corrected chi connectivity index (χ2v) is 15.8. The van der Waals surface area contributed by atoms with Crippen molar-refractivity contribution >= 4 is 28.3 Å². The van der Waals surface area contributed by atoms with Crippen LogP contribution in [0.4, 0.5) is 13.9 Å². The molecule has 3 aliphatic heterocycles. The lowest BCUT2D eigenvalue weighted by molar-refractivity contribution is -0.158. The van der Waals surface area contributed by atoms with Crippen molar-refractivity contribution in [3.63, 3.8) is 0 Å². The van der Waals surface area contributed by atoms with Gasteiger partial charge in [-0.25, -0.2) is 18.7 Å². The van der Waals surface area contributed by atoms with E-state index in [4.69, 9.17) is 0 Å². The molecular weight excluding hydrogens is 647 g/mol. The number of nitrogens with one attached hydrogen (secondary N) is 1. The van der Waals surface area contributed by atoms with Crippen LogP contribution in [0.15, 0.2) is 48.2 Å². The number of thiazole rings is 1. The summed E-state index contributed by atoms with van der Waals surface area (Å²) in [6.45, 7) is 4.04. The summed E-state index contributed by atoms with van der Waals surface area (Å²) in [4.78, 5) is 40.2. The van der Waals surface area contributed by atoms with Gasteiger partial charge in [-0.15, -0.1) is 11.3 Å². The summed E-state index contributed by atoms with van der Waals surface area (Å²) in [7, 11) is 0. The lowest BCUT2D eigenvalue weighted by Gasteiger charge is -2.72. The van der Waals surface area contributed by atoms with Gasteiger partial charge >= 0.3 is 0 Å². The number of aliphatic hydroxyl groups excluding tert-OH is 1. The number of hydrogen-bond acceptors (Lipinski definition) is 7. The van der Waals surface area contributed by atoms with Crippen molar-refractivity contribution in [2.45, 2.75) is 69.5 Å². The van der Waals surface area contributed by atoms with Gasteiger partial charge in [0.25, 0.3) is 11.8 Å². The number of hydrogen-bond donors (Lipinski definition) is 2. The molecule has 3 saturated carbocycles. The van der Waals surface area contributed by atoms with Gasteiger partial charge in [-0.05, 0) is 92.0 Å². The molecule has 6 aliphatic rings. The number of rotatable bonds is 9. The standard InChI is InChI=1S/C37H38F2N6O3S/c38-27-14-25(23-3-5-24(6-4-23)37-17-36(18-37,19-37)20-43-11-7-22(16-46)8-12-43)30(39)29-26(27)15-45(34(29)48)32(33(47)42-35-40-9-13-49-35)31-28-2-1-10-44(28)21-41-31/h3-6,9,13-14,21-22,32,46H,1-2,7-8,10-12,15-20H2,(H,40,42,47). The van der Waals surface area contributed by atoms with E-state index in [1.165, 1.54) is 27.9 Å². The van der Waals surface area contributed by atoms with E-state index in [0.29, 0.717) is 34.1 Å². The largest absolute Gasteiger partial charge is 0.396 e. The van der Waals surface area contributed by atoms with Crippen molar-refractivity contribution in [2.24, 2.45) is 11.3 Å². The van der Waals surface area contributed by atoms with Crippen LogP contribution in [0.2, 0.25) is 0 Å². The number of piperidine rings is 1. The first kappa shape index (κ1) is 31.0. The lowest BCUT2D eigenvalue weighted by Crippen LogP contribution is -2.68. The van der Waals surface area contributed by atoms with Crippen molar-refractivity contribution < 1.29 is 23.5 Å². The van der Waals surface area contributed by atoms with E-state index in [9.17, 15) is 14.7 Å². The average molecular weight is 685 g/mol. The number of likely N-dealkylation sites (tertiary alicyclic amines) is 1. The van der Waals surface area contributed by atoms with Crippen molar-refractivity contribution in [1.29, 1.82) is 0 Å². The Morgan fingerprint density at radius 1 is 1.10 bits per heavy atom. The summed E-state index contributed by atoms with van der Waals surface area (Å²) in [6.07, 6.45) is 10.4. The Bertz CT molecular complexity index is 1930. The molecule has 1 atom stereocenters. The zero-order valence-corrected chi connectivity index (χ0v) is 27.9. The molecule has 4 aromatic rings. The highest BCUT2D eigenvalue weighted by Gasteiger charge is 2.68. The molecule has 0 radical (unpaired) electrons. The van der Waals surface area contributed by atoms with Gasteiger partial charge in [0.2, 0.25) is 0 Å². The minimum Gasteiger partial charge on any atom is -0.396 e. The van der Waals surface area contributed by atoms with Crippen LogP contribution in [-0.2, 0) is 29.7 Å². The van der Waals surface area contributed by atoms with Gasteiger partial charge in [0.15, 0.2) is 11.2 Å². The van der Waals surface area contributed by atoms with Crippen LogP contribution >= 0.6 is 11.3 Å². The van der Waals surface area contributed by atoms with Crippen LogP contribution in [0, 0.1) is 23.0 Å². The molecular formula is C37H38F2N6O3S. The Morgan fingerprint density at radius 2 is 1.88 bits per heavy atom. The maximum Gasteiger partial charge on any atom is 0.258 e. The zero-order chi connectivity index (χ0) is 33.5. The summed E-state index contributed by atoms with van der Waals surface area (Å²) in [5.74, 6) is -2.27. The Balaban J connectivity index is 0.948. The number of fused-ring (bicyclic) bond motifs is 2. The fourth-order valence-electron chi connectivity index (χ4n) is 9.53. The van der Waals surface area contributed by atoms with Crippen LogP contribution in [0.25, 0.3) is 11.1 Å². The van der Waals surface area contributed by atoms with Crippen LogP contribution in [0.5, 0.6) is 0 Å². The van der Waals surface area contributed by atoms with Crippen LogP contribution in [0.1, 0.15) is 77.4 Å². The van der Waals surface area contributed by atoms with Gasteiger partial charge in [0.1, 0.15) is 11.6 Å². The predicted octanol–water partition coefficient (Wildman–Crippen LogP) is 5.69. The number of halogens is 2. The molecule has 254 valence electrons. The van der Waals surface area contributed by atoms with Gasteiger partial charge in [0.05, 0.1) is 24.1 Å². The molecule has 2 amide bonds. The van der Waals surface area contributed by atoms with E-state index in [1.807, 2.05) is 28.8 Å². The predicted molar refractivity (Wildman–Crippen MR) is 180 cm³/mol. The first-order valence-electron chi connectivity index (χ1n) is 17.3. The van der Waals surface area contributed by atoms with Crippen LogP contribution < -0.4 is 5.32 Å². The number of amides is 2. The van der Waals surface area contributed by atoms with Gasteiger partial charge < -0.3 is 19.5 Å². The van der Waals surface area contributed by atoms with E-state index >= 15 is 8.78 Å². The highest BCUT2D eigenvalue weighted by molar-refractivity contribution is 7.13. The fourth-order valence-corrected chi connectivity index (χ4v) is 10.1. The minimum absolute atomic E-state index is 0.0324. The molecule has 4 fully saturated rings. The Labute approximate surface area is 287 Å². The SMILES string of the molecule is O=C(Nc1nccs1)C(c1ncn2c1CCC2)N1Cc2c(F)cc(-c3ccc(C45CC(CN6CCC(CO)CC6)(C4)C5)cc3)c(F)c2C1=O. The van der Waals surface area contributed by atoms with E-state index in [-0.39, 0.29) is 35.3 Å². The highest BCUT2D eigenvalue weighted by atomic mass is 32.1. The Hall–Kier alpha value is -4.00. The zero-order valence-electron chi connectivity index (χ0n) is 27.1. The summed E-state index contributed by atoms with van der Waals surface area (Å²) < 4.78 is 34.2. The number of anilines is 1. The summed E-state index contributed by atoms with van der Waals surface area (Å²) in [5.41, 5.74) is 3.19. The third-order valence-electron chi connectivity index (χ3n) is 11.9. The number of aliphatic hydroxyl groups is 1. The number of imidazole rings is 1. The highest BCUT2D eigenvalue weighted by Crippen LogP contribution is 2.73. The number of nitrogens with zero attached hydrogens (tertiary/aromatic N) is 5. The summed E-state index contributed by atoms with van der Waals surface area (Å²) in [5, 5.41) is 14.3. The Morgan fingerprint density at radius 3 is 2.59 bits per heavy atom. The number of carbonyl (C=O) groups excluding carboxylic acids is 2. The molecule has 2 N–H and O–H groups in total. The second-order valence-electron chi connectivity index (χ2n) is 14.9. The smallest absolute Gasteiger partial charge is 0.258 e. The summed E-state index contributed by atoms with van der Waals surface area (Å²) in [6, 6.07) is 7.73. The molecule has 10 rings (SSSR count). The molecule has 2 bridgehead atoms. The molecule has 2 aromatic carbocycles. The molecule has 9 nitrogen and oxygen atoms in total. The Kier molecular flexibility index (Phi) is 7.30. The minimum atomic E-state index is -1.18. The topological polar surface area (TPSA) is 104 Å². The number of aryl methyl sites for hydroxylation is 1. The first-order chi connectivity index (χ1) is 23.8. The fraction of sp³-hybridized carbons (Fsp3) is 0.459. The van der Waals surface area contributed by atoms with E-state index in [0.717, 1.165) is 70.4 Å². The molecule has 49 heavy (non-hydrogen) atoms. The van der Waals surface area contributed by atoms with Crippen LogP contribution in [-0.4, -0.2) is 67.5 Å². The molecule has 1 saturated heterocycles. The van der Waals surface area contributed by atoms with Gasteiger partial charge in [-0.2, -0.15) is 0 Å². The molecule has 5 heterocycles. The van der Waals surface area contributed by atoms with E-state index in [2.05, 4.69) is 20.2 Å². The van der Waals surface area contributed by atoms with Crippen LogP contribution in [0.3, 0.4) is 0 Å². The van der Waals surface area contributed by atoms with Gasteiger partial charge in [0, 0.05) is 48.1 Å². The van der Waals surface area contributed by atoms with Crippen molar-refractivity contribution in [2.75, 3.05) is 31.6 Å². The summed E-state index contributed by atoms with van der Waals surface area (Å²) >= 11 is 1.24. The van der Waals surface area contributed by atoms with Crippen molar-refractivity contribution in [3.8, 4) is 11.1 Å². The lowest BCUT2D eigenvalue weighted by atomic mass is 9.33. The van der Waals surface area contributed by atoms with Gasteiger partial charge in [-0.1, -0.05) is 24.3 Å². The maximum absolute atomic E-state index is 16.4. The monoisotopic (exact) mass is 684 g/mol. The van der Waals surface area contributed by atoms with Crippen molar-refractivity contribution in [3.05, 3.63) is 87.9 Å². The molecule has 2 aromatic heterocycles. The number of benzene rings is 2. The second kappa shape index (κ2) is 11.5. The molecule has 1 unspecified atom stereocenters. The van der Waals surface area contributed by atoms with E-state index < -0.39 is 29.5 Å². The van der Waals surface area contributed by atoms with Gasteiger partial charge in [-0.3, -0.25) is 14.9 Å². The third-order valence-corrected chi connectivity index (χ3v) is 12.6. The third kappa shape index (κ3) is 4.97. The quantitative estimate of drug-likeness (QED) is 0.235. The van der Waals surface area contributed by atoms with E-state index in [1.54, 1.807) is 17.9 Å². The number of aromatic nitrogens is 3. The maximum atomic E-state index is 16.4. The first-order valence-corrected chi connectivity index (χ1v) is 18.1. The van der Waals surface area contributed by atoms with Crippen molar-refractivity contribution in [1.82, 2.24) is 24.3 Å². The number of carbonyl (C=O) groups is 2. The average Bonchev–Trinajstić information content (AvgIpc) is 3.88. The molecule has 3 aliphatic carbocycles.